The van der Waals surface area contributed by atoms with E-state index in [1.54, 1.807) is 12.1 Å². The minimum absolute atomic E-state index is 0.00752. The standard InChI is InChI=1S/C26H42O7/c1-3-4-5-6-7-8-9-10-24-11-13-25(14-12-24)33-26(28)23(2)32-22-21-31-20-19-30-18-17-29-16-15-27/h11-14,27H,2-10,15-22H2,1H3. The fourth-order valence-electron chi connectivity index (χ4n) is 3.06. The van der Waals surface area contributed by atoms with Gasteiger partial charge in [0.1, 0.15) is 12.4 Å². The first kappa shape index (κ1) is 29.1. The third-order valence-electron chi connectivity index (χ3n) is 4.91. The second kappa shape index (κ2) is 20.7. The fourth-order valence-corrected chi connectivity index (χ4v) is 3.06. The Bertz CT molecular complexity index is 616. The van der Waals surface area contributed by atoms with Crippen molar-refractivity contribution < 1.29 is 33.6 Å². The van der Waals surface area contributed by atoms with Crippen LogP contribution in [0, 0.1) is 0 Å². The summed E-state index contributed by atoms with van der Waals surface area (Å²) in [5.74, 6) is -0.187. The Morgan fingerprint density at radius 1 is 0.788 bits per heavy atom. The first-order valence-electron chi connectivity index (χ1n) is 12.1. The van der Waals surface area contributed by atoms with E-state index in [9.17, 15) is 4.79 Å². The van der Waals surface area contributed by atoms with Crippen molar-refractivity contribution >= 4 is 5.97 Å². The van der Waals surface area contributed by atoms with Crippen LogP contribution < -0.4 is 4.74 Å². The molecule has 0 aliphatic heterocycles. The summed E-state index contributed by atoms with van der Waals surface area (Å²) in [4.78, 5) is 12.1. The molecule has 1 aromatic carbocycles. The van der Waals surface area contributed by atoms with Crippen LogP contribution in [0.25, 0.3) is 0 Å². The van der Waals surface area contributed by atoms with Gasteiger partial charge in [-0.3, -0.25) is 0 Å². The number of unbranched alkanes of at least 4 members (excludes halogenated alkanes) is 6. The molecule has 0 amide bonds. The number of aliphatic hydroxyl groups is 1. The Hall–Kier alpha value is -1.93. The number of aryl methyl sites for hydroxylation is 1. The lowest BCUT2D eigenvalue weighted by atomic mass is 10.0. The fraction of sp³-hybridized carbons (Fsp3) is 0.654. The van der Waals surface area contributed by atoms with E-state index in [4.69, 9.17) is 28.8 Å². The summed E-state index contributed by atoms with van der Waals surface area (Å²) >= 11 is 0. The van der Waals surface area contributed by atoms with Gasteiger partial charge in [0, 0.05) is 0 Å². The number of ether oxygens (including phenoxy) is 5. The Morgan fingerprint density at radius 3 is 1.94 bits per heavy atom. The quantitative estimate of drug-likeness (QED) is 0.0888. The second-order valence-electron chi connectivity index (χ2n) is 7.74. The molecular formula is C26H42O7. The van der Waals surface area contributed by atoms with Gasteiger partial charge in [0.05, 0.1) is 46.2 Å². The molecule has 0 aliphatic carbocycles. The summed E-state index contributed by atoms with van der Waals surface area (Å²) in [7, 11) is 0. The van der Waals surface area contributed by atoms with Gasteiger partial charge in [-0.05, 0) is 37.1 Å². The number of benzene rings is 1. The molecule has 0 unspecified atom stereocenters. The van der Waals surface area contributed by atoms with Crippen LogP contribution >= 0.6 is 0 Å². The van der Waals surface area contributed by atoms with E-state index in [0.717, 1.165) is 6.42 Å². The van der Waals surface area contributed by atoms with Crippen LogP contribution in [0.5, 0.6) is 5.75 Å². The number of hydrogen-bond acceptors (Lipinski definition) is 7. The molecule has 1 aromatic rings. The Balaban J connectivity index is 2.06. The van der Waals surface area contributed by atoms with Crippen molar-refractivity contribution in [3.05, 3.63) is 42.2 Å². The number of carbonyl (C=O) groups excluding carboxylic acids is 1. The molecule has 0 fully saturated rings. The van der Waals surface area contributed by atoms with Gasteiger partial charge in [0.2, 0.25) is 0 Å². The lowest BCUT2D eigenvalue weighted by molar-refractivity contribution is -0.134. The van der Waals surface area contributed by atoms with Crippen molar-refractivity contribution in [1.29, 1.82) is 0 Å². The third-order valence-corrected chi connectivity index (χ3v) is 4.91. The monoisotopic (exact) mass is 466 g/mol. The molecule has 0 aliphatic rings. The van der Waals surface area contributed by atoms with Gasteiger partial charge in [-0.2, -0.15) is 0 Å². The minimum Gasteiger partial charge on any atom is -0.484 e. The van der Waals surface area contributed by atoms with E-state index in [1.165, 1.54) is 50.5 Å². The molecule has 0 heterocycles. The number of hydrogen-bond donors (Lipinski definition) is 1. The second-order valence-corrected chi connectivity index (χ2v) is 7.74. The third kappa shape index (κ3) is 16.3. The van der Waals surface area contributed by atoms with Crippen LogP contribution in [0.2, 0.25) is 0 Å². The smallest absolute Gasteiger partial charge is 0.378 e. The molecule has 1 N–H and O–H groups in total. The number of aliphatic hydroxyl groups excluding tert-OH is 1. The van der Waals surface area contributed by atoms with Crippen LogP contribution in [-0.2, 0) is 30.2 Å². The normalized spacial score (nSPS) is 10.8. The van der Waals surface area contributed by atoms with E-state index < -0.39 is 5.97 Å². The maximum atomic E-state index is 12.1. The van der Waals surface area contributed by atoms with E-state index in [0.29, 0.717) is 45.4 Å². The van der Waals surface area contributed by atoms with Crippen LogP contribution in [0.3, 0.4) is 0 Å². The summed E-state index contributed by atoms with van der Waals surface area (Å²) in [5, 5.41) is 8.57. The van der Waals surface area contributed by atoms with Gasteiger partial charge in [-0.25, -0.2) is 4.79 Å². The number of esters is 1. The topological polar surface area (TPSA) is 83.5 Å². The van der Waals surface area contributed by atoms with E-state index >= 15 is 0 Å². The molecule has 0 bridgehead atoms. The van der Waals surface area contributed by atoms with Gasteiger partial charge in [-0.1, -0.05) is 57.6 Å². The van der Waals surface area contributed by atoms with Crippen LogP contribution in [0.15, 0.2) is 36.6 Å². The SMILES string of the molecule is C=C(OCCOCCOCCOCCO)C(=O)Oc1ccc(CCCCCCCCC)cc1. The minimum atomic E-state index is -0.610. The van der Waals surface area contributed by atoms with Gasteiger partial charge in [0.25, 0.3) is 0 Å². The Kier molecular flexibility index (Phi) is 18.2. The van der Waals surface area contributed by atoms with Gasteiger partial charge in [0.15, 0.2) is 5.76 Å². The molecule has 0 atom stereocenters. The van der Waals surface area contributed by atoms with Crippen molar-refractivity contribution in [2.75, 3.05) is 52.9 Å². The zero-order valence-electron chi connectivity index (χ0n) is 20.2. The average Bonchev–Trinajstić information content (AvgIpc) is 2.82. The van der Waals surface area contributed by atoms with Crippen LogP contribution in [0.4, 0.5) is 0 Å². The maximum Gasteiger partial charge on any atom is 0.378 e. The van der Waals surface area contributed by atoms with E-state index in [1.807, 2.05) is 12.1 Å². The number of rotatable bonds is 22. The lowest BCUT2D eigenvalue weighted by Crippen LogP contribution is -2.16. The van der Waals surface area contributed by atoms with Crippen molar-refractivity contribution in [2.45, 2.75) is 58.3 Å². The highest BCUT2D eigenvalue weighted by Gasteiger charge is 2.11. The largest absolute Gasteiger partial charge is 0.484 e. The van der Waals surface area contributed by atoms with Crippen molar-refractivity contribution in [3.8, 4) is 5.75 Å². The molecule has 0 aromatic heterocycles. The zero-order chi connectivity index (χ0) is 24.0. The van der Waals surface area contributed by atoms with Crippen LogP contribution in [0.1, 0.15) is 57.4 Å². The van der Waals surface area contributed by atoms with Crippen molar-refractivity contribution in [1.82, 2.24) is 0 Å². The van der Waals surface area contributed by atoms with E-state index in [-0.39, 0.29) is 19.0 Å². The summed E-state index contributed by atoms with van der Waals surface area (Å²) < 4.78 is 26.3. The summed E-state index contributed by atoms with van der Waals surface area (Å²) in [6.45, 7) is 8.41. The van der Waals surface area contributed by atoms with Crippen LogP contribution in [-0.4, -0.2) is 63.9 Å². The van der Waals surface area contributed by atoms with Crippen molar-refractivity contribution in [2.24, 2.45) is 0 Å². The molecule has 0 saturated heterocycles. The molecule has 0 spiro atoms. The predicted molar refractivity (Wildman–Crippen MR) is 128 cm³/mol. The molecule has 7 heteroatoms. The zero-order valence-corrected chi connectivity index (χ0v) is 20.2. The molecule has 0 saturated carbocycles. The summed E-state index contributed by atoms with van der Waals surface area (Å²) in [6, 6.07) is 7.61. The van der Waals surface area contributed by atoms with Crippen molar-refractivity contribution in [3.63, 3.8) is 0 Å². The maximum absolute atomic E-state index is 12.1. The molecule has 1 rings (SSSR count). The molecule has 0 radical (unpaired) electrons. The predicted octanol–water partition coefficient (Wildman–Crippen LogP) is 4.46. The number of carbonyl (C=O) groups is 1. The van der Waals surface area contributed by atoms with Gasteiger partial charge in [-0.15, -0.1) is 0 Å². The highest BCUT2D eigenvalue weighted by Crippen LogP contribution is 2.16. The summed E-state index contributed by atoms with van der Waals surface area (Å²) in [5.41, 5.74) is 1.25. The highest BCUT2D eigenvalue weighted by atomic mass is 16.6. The molecule has 188 valence electrons. The molecule has 33 heavy (non-hydrogen) atoms. The Morgan fingerprint density at radius 2 is 1.33 bits per heavy atom. The van der Waals surface area contributed by atoms with Gasteiger partial charge >= 0.3 is 5.97 Å². The molecular weight excluding hydrogens is 424 g/mol. The molecule has 7 nitrogen and oxygen atoms in total. The first-order valence-corrected chi connectivity index (χ1v) is 12.1. The van der Waals surface area contributed by atoms with Gasteiger partial charge < -0.3 is 28.8 Å². The first-order chi connectivity index (χ1) is 16.2. The van der Waals surface area contributed by atoms with E-state index in [2.05, 4.69) is 13.5 Å². The summed E-state index contributed by atoms with van der Waals surface area (Å²) in [6.07, 6.45) is 10.1. The lowest BCUT2D eigenvalue weighted by Gasteiger charge is -2.10. The highest BCUT2D eigenvalue weighted by molar-refractivity contribution is 5.87. The Labute approximate surface area is 199 Å². The average molecular weight is 467 g/mol.